The second-order valence-corrected chi connectivity index (χ2v) is 6.29. The standard InChI is InChI=1S/C14H15BrClN5/c1-7-13(8(2)20-19-7)12-6-18-14(17)21(12)9-3-4-11(16)10(15)5-9/h3-5,12H,6H2,1-2H3,(H2,17,18)(H,19,20). The lowest BCUT2D eigenvalue weighted by Gasteiger charge is -2.27. The van der Waals surface area contributed by atoms with Crippen LogP contribution in [0.4, 0.5) is 5.69 Å². The first-order valence-corrected chi connectivity index (χ1v) is 7.72. The fourth-order valence-electron chi connectivity index (χ4n) is 2.72. The fraction of sp³-hybridized carbons (Fsp3) is 0.286. The molecule has 1 aromatic heterocycles. The van der Waals surface area contributed by atoms with Gasteiger partial charge in [0, 0.05) is 21.4 Å². The summed E-state index contributed by atoms with van der Waals surface area (Å²) in [5, 5.41) is 7.96. The van der Waals surface area contributed by atoms with E-state index in [1.54, 1.807) is 0 Å². The van der Waals surface area contributed by atoms with Crippen molar-refractivity contribution >= 4 is 39.2 Å². The van der Waals surface area contributed by atoms with Gasteiger partial charge in [0.1, 0.15) is 0 Å². The van der Waals surface area contributed by atoms with Crippen LogP contribution in [0.1, 0.15) is 23.0 Å². The number of aromatic amines is 1. The summed E-state index contributed by atoms with van der Waals surface area (Å²) in [6.07, 6.45) is 0. The molecule has 1 atom stereocenters. The summed E-state index contributed by atoms with van der Waals surface area (Å²) in [5.41, 5.74) is 10.2. The Hall–Kier alpha value is -1.53. The van der Waals surface area contributed by atoms with Crippen LogP contribution in [-0.4, -0.2) is 22.7 Å². The number of anilines is 1. The van der Waals surface area contributed by atoms with Gasteiger partial charge in [0.05, 0.1) is 23.3 Å². The topological polar surface area (TPSA) is 70.3 Å². The first-order valence-electron chi connectivity index (χ1n) is 6.54. The van der Waals surface area contributed by atoms with Crippen molar-refractivity contribution in [3.8, 4) is 0 Å². The van der Waals surface area contributed by atoms with E-state index in [0.717, 1.165) is 27.1 Å². The molecule has 5 nitrogen and oxygen atoms in total. The highest BCUT2D eigenvalue weighted by molar-refractivity contribution is 9.10. The van der Waals surface area contributed by atoms with Crippen LogP contribution >= 0.6 is 27.5 Å². The molecule has 2 heterocycles. The number of rotatable bonds is 2. The SMILES string of the molecule is Cc1n[nH]c(C)c1C1CN=C(N)N1c1ccc(Cl)c(Br)c1. The molecule has 3 N–H and O–H groups in total. The molecule has 1 aromatic carbocycles. The van der Waals surface area contributed by atoms with Crippen LogP contribution in [0, 0.1) is 13.8 Å². The minimum atomic E-state index is 0.0526. The molecule has 0 bridgehead atoms. The molecule has 0 saturated heterocycles. The summed E-state index contributed by atoms with van der Waals surface area (Å²) in [6.45, 7) is 4.62. The molecule has 0 aliphatic carbocycles. The number of aromatic nitrogens is 2. The Morgan fingerprint density at radius 1 is 1.43 bits per heavy atom. The number of nitrogens with two attached hydrogens (primary N) is 1. The number of aliphatic imine (C=N–C) groups is 1. The number of nitrogens with one attached hydrogen (secondary N) is 1. The predicted molar refractivity (Wildman–Crippen MR) is 88.9 cm³/mol. The summed E-state index contributed by atoms with van der Waals surface area (Å²) in [6, 6.07) is 5.79. The fourth-order valence-corrected chi connectivity index (χ4v) is 3.20. The lowest BCUT2D eigenvalue weighted by Crippen LogP contribution is -2.36. The zero-order chi connectivity index (χ0) is 15.1. The maximum atomic E-state index is 6.09. The van der Waals surface area contributed by atoms with Crippen molar-refractivity contribution in [2.45, 2.75) is 19.9 Å². The smallest absolute Gasteiger partial charge is 0.196 e. The van der Waals surface area contributed by atoms with Crippen LogP contribution in [0.2, 0.25) is 5.02 Å². The van der Waals surface area contributed by atoms with Crippen LogP contribution in [0.5, 0.6) is 0 Å². The molecular weight excluding hydrogens is 354 g/mol. The zero-order valence-electron chi connectivity index (χ0n) is 11.7. The Morgan fingerprint density at radius 2 is 2.19 bits per heavy atom. The maximum absolute atomic E-state index is 6.09. The van der Waals surface area contributed by atoms with Gasteiger partial charge in [-0.2, -0.15) is 5.10 Å². The molecular formula is C14H15BrClN5. The third-order valence-corrected chi connectivity index (χ3v) is 4.90. The van der Waals surface area contributed by atoms with Crippen LogP contribution in [0.25, 0.3) is 0 Å². The lowest BCUT2D eigenvalue weighted by molar-refractivity contribution is 0.757. The van der Waals surface area contributed by atoms with Gasteiger partial charge in [0.25, 0.3) is 0 Å². The Labute approximate surface area is 136 Å². The number of nitrogens with zero attached hydrogens (tertiary/aromatic N) is 3. The summed E-state index contributed by atoms with van der Waals surface area (Å²) in [5.74, 6) is 0.509. The average Bonchev–Trinajstić information content (AvgIpc) is 2.96. The molecule has 0 spiro atoms. The Balaban J connectivity index is 2.05. The summed E-state index contributed by atoms with van der Waals surface area (Å²) >= 11 is 9.52. The minimum absolute atomic E-state index is 0.0526. The number of guanidine groups is 1. The Bertz CT molecular complexity index is 705. The highest BCUT2D eigenvalue weighted by atomic mass is 79.9. The molecule has 2 aromatic rings. The van der Waals surface area contributed by atoms with E-state index in [4.69, 9.17) is 17.3 Å². The van der Waals surface area contributed by atoms with Crippen LogP contribution in [0.3, 0.4) is 0 Å². The number of hydrogen-bond acceptors (Lipinski definition) is 4. The van der Waals surface area contributed by atoms with E-state index in [1.165, 1.54) is 0 Å². The van der Waals surface area contributed by atoms with E-state index >= 15 is 0 Å². The molecule has 1 unspecified atom stereocenters. The summed E-state index contributed by atoms with van der Waals surface area (Å²) in [4.78, 5) is 6.42. The highest BCUT2D eigenvalue weighted by Gasteiger charge is 2.32. The van der Waals surface area contributed by atoms with Crippen LogP contribution < -0.4 is 10.6 Å². The van der Waals surface area contributed by atoms with Gasteiger partial charge in [-0.1, -0.05) is 11.6 Å². The van der Waals surface area contributed by atoms with Crippen LogP contribution in [0.15, 0.2) is 27.7 Å². The van der Waals surface area contributed by atoms with Crippen molar-refractivity contribution in [1.82, 2.24) is 10.2 Å². The Morgan fingerprint density at radius 3 is 2.81 bits per heavy atom. The molecule has 110 valence electrons. The van der Waals surface area contributed by atoms with Gasteiger partial charge in [-0.25, -0.2) is 0 Å². The van der Waals surface area contributed by atoms with Crippen molar-refractivity contribution in [1.29, 1.82) is 0 Å². The van der Waals surface area contributed by atoms with E-state index in [2.05, 4.69) is 31.1 Å². The number of aryl methyl sites for hydroxylation is 2. The molecule has 0 amide bonds. The summed E-state index contributed by atoms with van der Waals surface area (Å²) < 4.78 is 0.834. The van der Waals surface area contributed by atoms with E-state index in [0.29, 0.717) is 17.5 Å². The second-order valence-electron chi connectivity index (χ2n) is 5.03. The predicted octanol–water partition coefficient (Wildman–Crippen LogP) is 3.32. The number of benzene rings is 1. The van der Waals surface area contributed by atoms with Gasteiger partial charge in [0.2, 0.25) is 0 Å². The van der Waals surface area contributed by atoms with E-state index < -0.39 is 0 Å². The molecule has 0 fully saturated rings. The van der Waals surface area contributed by atoms with E-state index in [-0.39, 0.29) is 6.04 Å². The van der Waals surface area contributed by atoms with Crippen LogP contribution in [-0.2, 0) is 0 Å². The molecule has 21 heavy (non-hydrogen) atoms. The van der Waals surface area contributed by atoms with Crippen molar-refractivity contribution in [2.75, 3.05) is 11.4 Å². The third-order valence-electron chi connectivity index (χ3n) is 3.68. The summed E-state index contributed by atoms with van der Waals surface area (Å²) in [7, 11) is 0. The van der Waals surface area contributed by atoms with Gasteiger partial charge in [-0.05, 0) is 48.0 Å². The normalized spacial score (nSPS) is 18.2. The first-order chi connectivity index (χ1) is 9.99. The van der Waals surface area contributed by atoms with Crippen molar-refractivity contribution < 1.29 is 0 Å². The van der Waals surface area contributed by atoms with Gasteiger partial charge in [0.15, 0.2) is 5.96 Å². The van der Waals surface area contributed by atoms with Crippen molar-refractivity contribution in [3.63, 3.8) is 0 Å². The van der Waals surface area contributed by atoms with Crippen molar-refractivity contribution in [3.05, 3.63) is 44.6 Å². The van der Waals surface area contributed by atoms with Gasteiger partial charge in [-0.15, -0.1) is 0 Å². The zero-order valence-corrected chi connectivity index (χ0v) is 14.0. The van der Waals surface area contributed by atoms with E-state index in [1.807, 2.05) is 36.9 Å². The van der Waals surface area contributed by atoms with Crippen molar-refractivity contribution in [2.24, 2.45) is 10.7 Å². The minimum Gasteiger partial charge on any atom is -0.369 e. The number of H-pyrrole nitrogens is 1. The maximum Gasteiger partial charge on any atom is 0.196 e. The Kier molecular flexibility index (Phi) is 3.67. The molecule has 7 heteroatoms. The third kappa shape index (κ3) is 2.42. The van der Waals surface area contributed by atoms with Gasteiger partial charge >= 0.3 is 0 Å². The lowest BCUT2D eigenvalue weighted by atomic mass is 10.0. The number of halogens is 2. The average molecular weight is 369 g/mol. The molecule has 1 aliphatic rings. The second kappa shape index (κ2) is 5.35. The molecule has 1 aliphatic heterocycles. The van der Waals surface area contributed by atoms with Gasteiger partial charge in [-0.3, -0.25) is 10.1 Å². The quantitative estimate of drug-likeness (QED) is 0.854. The van der Waals surface area contributed by atoms with E-state index in [9.17, 15) is 0 Å². The largest absolute Gasteiger partial charge is 0.369 e. The van der Waals surface area contributed by atoms with Gasteiger partial charge < -0.3 is 10.6 Å². The molecule has 3 rings (SSSR count). The molecule has 0 radical (unpaired) electrons. The number of hydrogen-bond donors (Lipinski definition) is 2. The molecule has 0 saturated carbocycles. The first kappa shape index (κ1) is 14.4. The highest BCUT2D eigenvalue weighted by Crippen LogP contribution is 2.36. The monoisotopic (exact) mass is 367 g/mol.